The predicted octanol–water partition coefficient (Wildman–Crippen LogP) is 2.26. The van der Waals surface area contributed by atoms with Crippen molar-refractivity contribution in [1.29, 1.82) is 0 Å². The Morgan fingerprint density at radius 1 is 1.18 bits per heavy atom. The zero-order valence-corrected chi connectivity index (χ0v) is 9.27. The fraction of sp³-hybridized carbons (Fsp3) is 0.154. The van der Waals surface area contributed by atoms with Crippen molar-refractivity contribution in [3.8, 4) is 5.75 Å². The molecule has 0 aliphatic heterocycles. The lowest BCUT2D eigenvalue weighted by atomic mass is 10.2. The molecule has 3 nitrogen and oxygen atoms in total. The summed E-state index contributed by atoms with van der Waals surface area (Å²) in [4.78, 5) is 3.91. The van der Waals surface area contributed by atoms with Gasteiger partial charge in [0.2, 0.25) is 0 Å². The van der Waals surface area contributed by atoms with Crippen LogP contribution in [0.4, 0.5) is 4.39 Å². The van der Waals surface area contributed by atoms with E-state index in [0.717, 1.165) is 5.56 Å². The zero-order chi connectivity index (χ0) is 12.1. The van der Waals surface area contributed by atoms with E-state index in [4.69, 9.17) is 10.5 Å². The van der Waals surface area contributed by atoms with E-state index in [1.165, 1.54) is 6.07 Å². The lowest BCUT2D eigenvalue weighted by Gasteiger charge is -2.07. The van der Waals surface area contributed by atoms with Gasteiger partial charge in [-0.3, -0.25) is 4.98 Å². The van der Waals surface area contributed by atoms with Gasteiger partial charge in [0.15, 0.2) is 0 Å². The van der Waals surface area contributed by atoms with Gasteiger partial charge in [0.05, 0.1) is 0 Å². The highest BCUT2D eigenvalue weighted by atomic mass is 19.1. The number of halogens is 1. The maximum Gasteiger partial charge on any atom is 0.131 e. The summed E-state index contributed by atoms with van der Waals surface area (Å²) in [5.74, 6) is 0.163. The molecule has 2 rings (SSSR count). The maximum atomic E-state index is 13.4. The van der Waals surface area contributed by atoms with Gasteiger partial charge in [0.25, 0.3) is 0 Å². The Kier molecular flexibility index (Phi) is 3.67. The summed E-state index contributed by atoms with van der Waals surface area (Å²) in [5, 5.41) is 0. The molecular weight excluding hydrogens is 219 g/mol. The Bertz CT molecular complexity index is 488. The molecule has 1 heterocycles. The molecule has 0 unspecified atom stereocenters. The third kappa shape index (κ3) is 3.01. The lowest BCUT2D eigenvalue weighted by Crippen LogP contribution is -2.01. The van der Waals surface area contributed by atoms with Crippen LogP contribution < -0.4 is 10.5 Å². The first-order chi connectivity index (χ1) is 8.29. The standard InChI is InChI=1S/C13H13FN2O/c14-13-7-12(2-1-11(13)8-15)17-9-10-3-5-16-6-4-10/h1-7H,8-9,15H2. The molecule has 2 aromatic rings. The van der Waals surface area contributed by atoms with Crippen LogP contribution in [-0.4, -0.2) is 4.98 Å². The van der Waals surface area contributed by atoms with E-state index >= 15 is 0 Å². The minimum Gasteiger partial charge on any atom is -0.489 e. The molecule has 0 spiro atoms. The second-order valence-electron chi connectivity index (χ2n) is 3.60. The van der Waals surface area contributed by atoms with Crippen molar-refractivity contribution >= 4 is 0 Å². The highest BCUT2D eigenvalue weighted by Crippen LogP contribution is 2.17. The second-order valence-corrected chi connectivity index (χ2v) is 3.60. The summed E-state index contributed by atoms with van der Waals surface area (Å²) in [7, 11) is 0. The number of pyridine rings is 1. The summed E-state index contributed by atoms with van der Waals surface area (Å²) in [5.41, 5.74) is 6.85. The Labute approximate surface area is 99.1 Å². The summed E-state index contributed by atoms with van der Waals surface area (Å²) in [6, 6.07) is 8.41. The molecule has 4 heteroatoms. The minimum atomic E-state index is -0.334. The number of rotatable bonds is 4. The fourth-order valence-corrected chi connectivity index (χ4v) is 1.43. The van der Waals surface area contributed by atoms with Gasteiger partial charge in [-0.25, -0.2) is 4.39 Å². The van der Waals surface area contributed by atoms with Gasteiger partial charge in [-0.15, -0.1) is 0 Å². The van der Waals surface area contributed by atoms with Crippen LogP contribution in [0.2, 0.25) is 0 Å². The number of benzene rings is 1. The Hall–Kier alpha value is -1.94. The molecule has 17 heavy (non-hydrogen) atoms. The lowest BCUT2D eigenvalue weighted by molar-refractivity contribution is 0.304. The molecule has 0 radical (unpaired) electrons. The minimum absolute atomic E-state index is 0.191. The Morgan fingerprint density at radius 2 is 1.94 bits per heavy atom. The van der Waals surface area contributed by atoms with E-state index in [2.05, 4.69) is 4.98 Å². The fourth-order valence-electron chi connectivity index (χ4n) is 1.43. The molecule has 0 saturated heterocycles. The van der Waals surface area contributed by atoms with E-state index in [1.54, 1.807) is 24.5 Å². The number of nitrogens with two attached hydrogens (primary N) is 1. The third-order valence-corrected chi connectivity index (χ3v) is 2.40. The quantitative estimate of drug-likeness (QED) is 0.879. The summed E-state index contributed by atoms with van der Waals surface area (Å²) >= 11 is 0. The van der Waals surface area contributed by atoms with Gasteiger partial charge >= 0.3 is 0 Å². The SMILES string of the molecule is NCc1ccc(OCc2ccncc2)cc1F. The number of hydrogen-bond acceptors (Lipinski definition) is 3. The van der Waals surface area contributed by atoms with Crippen molar-refractivity contribution in [3.05, 3.63) is 59.7 Å². The van der Waals surface area contributed by atoms with E-state index in [-0.39, 0.29) is 12.4 Å². The van der Waals surface area contributed by atoms with Gasteiger partial charge < -0.3 is 10.5 Å². The summed E-state index contributed by atoms with van der Waals surface area (Å²) < 4.78 is 18.9. The van der Waals surface area contributed by atoms with Crippen molar-refractivity contribution in [1.82, 2.24) is 4.98 Å². The molecule has 0 atom stereocenters. The van der Waals surface area contributed by atoms with Crippen LogP contribution in [0.1, 0.15) is 11.1 Å². The number of ether oxygens (including phenoxy) is 1. The topological polar surface area (TPSA) is 48.1 Å². The molecule has 0 amide bonds. The highest BCUT2D eigenvalue weighted by molar-refractivity contribution is 5.29. The van der Waals surface area contributed by atoms with Gasteiger partial charge in [0.1, 0.15) is 18.2 Å². The van der Waals surface area contributed by atoms with Crippen molar-refractivity contribution in [2.24, 2.45) is 5.73 Å². The van der Waals surface area contributed by atoms with Gasteiger partial charge in [-0.05, 0) is 23.8 Å². The first-order valence-corrected chi connectivity index (χ1v) is 5.30. The average Bonchev–Trinajstić information content (AvgIpc) is 2.38. The molecule has 0 saturated carbocycles. The molecule has 0 aliphatic carbocycles. The smallest absolute Gasteiger partial charge is 0.131 e. The number of nitrogens with zero attached hydrogens (tertiary/aromatic N) is 1. The molecular formula is C13H13FN2O. The zero-order valence-electron chi connectivity index (χ0n) is 9.27. The molecule has 0 bridgehead atoms. The first kappa shape index (κ1) is 11.5. The van der Waals surface area contributed by atoms with Crippen LogP contribution in [0, 0.1) is 5.82 Å². The van der Waals surface area contributed by atoms with E-state index in [1.807, 2.05) is 12.1 Å². The van der Waals surface area contributed by atoms with E-state index < -0.39 is 0 Å². The molecule has 0 aliphatic rings. The van der Waals surface area contributed by atoms with Crippen LogP contribution in [0.3, 0.4) is 0 Å². The average molecular weight is 232 g/mol. The Morgan fingerprint density at radius 3 is 2.59 bits per heavy atom. The molecule has 88 valence electrons. The van der Waals surface area contributed by atoms with Crippen molar-refractivity contribution in [3.63, 3.8) is 0 Å². The van der Waals surface area contributed by atoms with Gasteiger partial charge in [-0.2, -0.15) is 0 Å². The van der Waals surface area contributed by atoms with Gasteiger partial charge in [-0.1, -0.05) is 6.07 Å². The van der Waals surface area contributed by atoms with Crippen molar-refractivity contribution < 1.29 is 9.13 Å². The Balaban J connectivity index is 2.02. The molecule has 0 fully saturated rings. The van der Waals surface area contributed by atoms with Crippen molar-refractivity contribution in [2.45, 2.75) is 13.2 Å². The van der Waals surface area contributed by atoms with E-state index in [0.29, 0.717) is 17.9 Å². The predicted molar refractivity (Wildman–Crippen MR) is 62.9 cm³/mol. The third-order valence-electron chi connectivity index (χ3n) is 2.40. The van der Waals surface area contributed by atoms with Crippen LogP contribution in [-0.2, 0) is 13.2 Å². The van der Waals surface area contributed by atoms with Crippen LogP contribution >= 0.6 is 0 Å². The summed E-state index contributed by atoms with van der Waals surface area (Å²) in [6.07, 6.45) is 3.38. The van der Waals surface area contributed by atoms with Crippen molar-refractivity contribution in [2.75, 3.05) is 0 Å². The second kappa shape index (κ2) is 5.41. The number of aromatic nitrogens is 1. The molecule has 2 N–H and O–H groups in total. The van der Waals surface area contributed by atoms with Gasteiger partial charge in [0, 0.05) is 30.6 Å². The molecule has 1 aromatic carbocycles. The molecule has 1 aromatic heterocycles. The summed E-state index contributed by atoms with van der Waals surface area (Å²) in [6.45, 7) is 0.584. The number of hydrogen-bond donors (Lipinski definition) is 1. The normalized spacial score (nSPS) is 10.2. The van der Waals surface area contributed by atoms with Crippen LogP contribution in [0.15, 0.2) is 42.7 Å². The monoisotopic (exact) mass is 232 g/mol. The largest absolute Gasteiger partial charge is 0.489 e. The first-order valence-electron chi connectivity index (χ1n) is 5.30. The van der Waals surface area contributed by atoms with Crippen LogP contribution in [0.5, 0.6) is 5.75 Å². The van der Waals surface area contributed by atoms with Crippen LogP contribution in [0.25, 0.3) is 0 Å². The van der Waals surface area contributed by atoms with E-state index in [9.17, 15) is 4.39 Å². The maximum absolute atomic E-state index is 13.4. The highest BCUT2D eigenvalue weighted by Gasteiger charge is 2.02.